The Balaban J connectivity index is 0.000000671. The van der Waals surface area contributed by atoms with Crippen LogP contribution in [0.5, 0.6) is 5.75 Å². The molecule has 0 fully saturated rings. The molecule has 1 nitrogen and oxygen atoms in total. The van der Waals surface area contributed by atoms with Crippen molar-refractivity contribution >= 4 is 0 Å². The fourth-order valence-electron chi connectivity index (χ4n) is 0.859. The highest BCUT2D eigenvalue weighted by Crippen LogP contribution is 2.17. The highest BCUT2D eigenvalue weighted by atomic mass is 16.5. The summed E-state index contributed by atoms with van der Waals surface area (Å²) in [6, 6.07) is 7.88. The second kappa shape index (κ2) is 5.91. The van der Waals surface area contributed by atoms with Crippen molar-refractivity contribution in [1.82, 2.24) is 0 Å². The highest BCUT2D eigenvalue weighted by Gasteiger charge is 1.95. The van der Waals surface area contributed by atoms with E-state index < -0.39 is 0 Å². The van der Waals surface area contributed by atoms with Crippen molar-refractivity contribution in [1.29, 1.82) is 0 Å². The summed E-state index contributed by atoms with van der Waals surface area (Å²) in [4.78, 5) is 0. The van der Waals surface area contributed by atoms with Crippen LogP contribution in [0.2, 0.25) is 0 Å². The van der Waals surface area contributed by atoms with Gasteiger partial charge in [-0.05, 0) is 25.5 Å². The van der Waals surface area contributed by atoms with Crippen molar-refractivity contribution in [3.63, 3.8) is 0 Å². The van der Waals surface area contributed by atoms with E-state index >= 15 is 0 Å². The number of rotatable bonds is 2. The highest BCUT2D eigenvalue weighted by molar-refractivity contribution is 5.32. The van der Waals surface area contributed by atoms with Crippen molar-refractivity contribution in [2.75, 3.05) is 0 Å². The van der Waals surface area contributed by atoms with Crippen molar-refractivity contribution < 1.29 is 4.74 Å². The zero-order chi connectivity index (χ0) is 10.3. The lowest BCUT2D eigenvalue weighted by atomic mass is 10.2. The monoisotopic (exact) mass is 174 g/mol. The topological polar surface area (TPSA) is 9.23 Å². The standard InChI is InChI=1S/C10H12O.C2H2/c1-8(2)11-10-7-5-4-6-9(10)3;1-2/h4-7H,1H2,2-3H3;1-2H. The minimum atomic E-state index is 0.722. The van der Waals surface area contributed by atoms with E-state index in [0.29, 0.717) is 0 Å². The van der Waals surface area contributed by atoms with Crippen molar-refractivity contribution in [2.45, 2.75) is 13.8 Å². The molecule has 0 aliphatic heterocycles. The maximum absolute atomic E-state index is 5.35. The molecular formula is C12H14O. The molecule has 0 aliphatic carbocycles. The molecule has 0 spiro atoms. The Bertz CT molecular complexity index is 297. The van der Waals surface area contributed by atoms with Crippen LogP contribution in [-0.2, 0) is 0 Å². The van der Waals surface area contributed by atoms with Crippen LogP contribution in [0.3, 0.4) is 0 Å². The summed E-state index contributed by atoms with van der Waals surface area (Å²) in [5, 5.41) is 0. The molecule has 68 valence electrons. The normalized spacial score (nSPS) is 8.00. The molecule has 0 radical (unpaired) electrons. The third-order valence-corrected chi connectivity index (χ3v) is 1.38. The third kappa shape index (κ3) is 4.03. The minimum absolute atomic E-state index is 0.722. The number of allylic oxidation sites excluding steroid dienone is 1. The molecule has 13 heavy (non-hydrogen) atoms. The molecule has 0 aliphatic rings. The van der Waals surface area contributed by atoms with Gasteiger partial charge in [-0.1, -0.05) is 24.8 Å². The number of benzene rings is 1. The van der Waals surface area contributed by atoms with Gasteiger partial charge in [0, 0.05) is 0 Å². The summed E-state index contributed by atoms with van der Waals surface area (Å²) in [5.41, 5.74) is 1.13. The second-order valence-electron chi connectivity index (χ2n) is 2.57. The van der Waals surface area contributed by atoms with E-state index in [9.17, 15) is 0 Å². The number of aryl methyl sites for hydroxylation is 1. The average Bonchev–Trinajstić information content (AvgIpc) is 2.12. The number of hydrogen-bond acceptors (Lipinski definition) is 1. The van der Waals surface area contributed by atoms with Gasteiger partial charge >= 0.3 is 0 Å². The zero-order valence-corrected chi connectivity index (χ0v) is 8.08. The molecule has 0 N–H and O–H groups in total. The van der Waals surface area contributed by atoms with Crippen molar-refractivity contribution in [3.05, 3.63) is 42.2 Å². The van der Waals surface area contributed by atoms with Crippen LogP contribution in [0, 0.1) is 19.8 Å². The molecule has 1 aromatic rings. The molecule has 1 aromatic carbocycles. The number of ether oxygens (including phenoxy) is 1. The van der Waals surface area contributed by atoms with E-state index in [0.717, 1.165) is 17.1 Å². The SMILES string of the molecule is C#C.C=C(C)Oc1ccccc1C. The fraction of sp³-hybridized carbons (Fsp3) is 0.167. The quantitative estimate of drug-likeness (QED) is 0.494. The number of para-hydroxylation sites is 1. The molecule has 1 heteroatoms. The molecule has 0 bridgehead atoms. The van der Waals surface area contributed by atoms with E-state index in [4.69, 9.17) is 4.74 Å². The summed E-state index contributed by atoms with van der Waals surface area (Å²) in [7, 11) is 0. The van der Waals surface area contributed by atoms with E-state index in [1.54, 1.807) is 0 Å². The van der Waals surface area contributed by atoms with Crippen LogP contribution in [0.1, 0.15) is 12.5 Å². The zero-order valence-electron chi connectivity index (χ0n) is 8.08. The summed E-state index contributed by atoms with van der Waals surface area (Å²) < 4.78 is 5.35. The smallest absolute Gasteiger partial charge is 0.129 e. The van der Waals surface area contributed by atoms with Crippen molar-refractivity contribution in [3.8, 4) is 18.6 Å². The lowest BCUT2D eigenvalue weighted by Crippen LogP contribution is -1.90. The van der Waals surface area contributed by atoms with Gasteiger partial charge in [-0.15, -0.1) is 12.8 Å². The largest absolute Gasteiger partial charge is 0.462 e. The Morgan fingerprint density at radius 2 is 1.85 bits per heavy atom. The first-order valence-corrected chi connectivity index (χ1v) is 3.92. The van der Waals surface area contributed by atoms with Gasteiger partial charge in [0.25, 0.3) is 0 Å². The van der Waals surface area contributed by atoms with Gasteiger partial charge < -0.3 is 4.74 Å². The maximum atomic E-state index is 5.35. The first-order chi connectivity index (χ1) is 6.20. The van der Waals surface area contributed by atoms with E-state index in [2.05, 4.69) is 19.4 Å². The number of terminal acetylenes is 1. The van der Waals surface area contributed by atoms with E-state index in [-0.39, 0.29) is 0 Å². The molecule has 0 heterocycles. The van der Waals surface area contributed by atoms with Gasteiger partial charge in [-0.25, -0.2) is 0 Å². The maximum Gasteiger partial charge on any atom is 0.129 e. The molecule has 0 aromatic heterocycles. The first-order valence-electron chi connectivity index (χ1n) is 3.92. The summed E-state index contributed by atoms with van der Waals surface area (Å²) in [5.74, 6) is 1.61. The Kier molecular flexibility index (Phi) is 5.14. The second-order valence-corrected chi connectivity index (χ2v) is 2.57. The lowest BCUT2D eigenvalue weighted by Gasteiger charge is -2.06. The predicted octanol–water partition coefficient (Wildman–Crippen LogP) is 3.16. The molecule has 1 rings (SSSR count). The molecular weight excluding hydrogens is 160 g/mol. The van der Waals surface area contributed by atoms with Gasteiger partial charge in [0.2, 0.25) is 0 Å². The average molecular weight is 174 g/mol. The molecule has 0 atom stereocenters. The van der Waals surface area contributed by atoms with Crippen LogP contribution in [0.15, 0.2) is 36.6 Å². The summed E-state index contributed by atoms with van der Waals surface area (Å²) in [6.45, 7) is 7.52. The Morgan fingerprint density at radius 1 is 1.31 bits per heavy atom. The van der Waals surface area contributed by atoms with Crippen molar-refractivity contribution in [2.24, 2.45) is 0 Å². The van der Waals surface area contributed by atoms with Gasteiger partial charge in [0.15, 0.2) is 0 Å². The van der Waals surface area contributed by atoms with Crippen LogP contribution < -0.4 is 4.74 Å². The number of hydrogen-bond donors (Lipinski definition) is 0. The fourth-order valence-corrected chi connectivity index (χ4v) is 0.859. The van der Waals surface area contributed by atoms with Gasteiger partial charge in [-0.2, -0.15) is 0 Å². The van der Waals surface area contributed by atoms with Crippen LogP contribution in [0.25, 0.3) is 0 Å². The lowest BCUT2D eigenvalue weighted by molar-refractivity contribution is 0.427. The van der Waals surface area contributed by atoms with E-state index in [1.807, 2.05) is 38.1 Å². The third-order valence-electron chi connectivity index (χ3n) is 1.38. The predicted molar refractivity (Wildman–Crippen MR) is 56.5 cm³/mol. The van der Waals surface area contributed by atoms with Crippen LogP contribution in [0.4, 0.5) is 0 Å². The van der Waals surface area contributed by atoms with Crippen LogP contribution >= 0.6 is 0 Å². The van der Waals surface area contributed by atoms with Crippen LogP contribution in [-0.4, -0.2) is 0 Å². The Morgan fingerprint density at radius 3 is 2.31 bits per heavy atom. The van der Waals surface area contributed by atoms with E-state index in [1.165, 1.54) is 0 Å². The molecule has 0 saturated heterocycles. The summed E-state index contributed by atoms with van der Waals surface area (Å²) >= 11 is 0. The Hall–Kier alpha value is -1.68. The van der Waals surface area contributed by atoms with Gasteiger partial charge in [0.1, 0.15) is 5.75 Å². The molecule has 0 amide bonds. The Labute approximate surface area is 80.1 Å². The van der Waals surface area contributed by atoms with Gasteiger partial charge in [0.05, 0.1) is 5.76 Å². The molecule has 0 unspecified atom stereocenters. The molecule has 0 saturated carbocycles. The van der Waals surface area contributed by atoms with Gasteiger partial charge in [-0.3, -0.25) is 0 Å². The summed E-state index contributed by atoms with van der Waals surface area (Å²) in [6.07, 6.45) is 8.00. The minimum Gasteiger partial charge on any atom is -0.462 e. The first kappa shape index (κ1) is 11.3.